The number of esters is 1. The Morgan fingerprint density at radius 1 is 1.45 bits per heavy atom. The van der Waals surface area contributed by atoms with E-state index in [1.165, 1.54) is 7.11 Å². The van der Waals surface area contributed by atoms with Crippen LogP contribution in [0, 0.1) is 5.82 Å². The van der Waals surface area contributed by atoms with E-state index in [1.54, 1.807) is 6.92 Å². The van der Waals surface area contributed by atoms with Crippen LogP contribution in [-0.4, -0.2) is 38.9 Å². The van der Waals surface area contributed by atoms with Crippen molar-refractivity contribution in [1.29, 1.82) is 0 Å². The number of carbonyl (C=O) groups is 1. The Hall–Kier alpha value is -1.67. The molecule has 0 amide bonds. The predicted octanol–water partition coefficient (Wildman–Crippen LogP) is 0.982. The molecule has 112 valence electrons. The third kappa shape index (κ3) is 3.67. The van der Waals surface area contributed by atoms with Crippen molar-refractivity contribution in [2.75, 3.05) is 25.9 Å². The molecule has 0 heterocycles. The molecule has 0 aliphatic rings. The lowest BCUT2D eigenvalue weighted by atomic mass is 10.3. The molecule has 0 saturated carbocycles. The molecule has 0 fully saturated rings. The van der Waals surface area contributed by atoms with E-state index >= 15 is 0 Å². The van der Waals surface area contributed by atoms with Gasteiger partial charge in [-0.3, -0.25) is 4.79 Å². The van der Waals surface area contributed by atoms with Crippen molar-refractivity contribution < 1.29 is 22.3 Å². The number of nitrogen functional groups attached to an aromatic ring is 1. The molecule has 0 radical (unpaired) electrons. The van der Waals surface area contributed by atoms with Crippen molar-refractivity contribution in [1.82, 2.24) is 4.31 Å². The normalized spacial score (nSPS) is 11.6. The highest BCUT2D eigenvalue weighted by Gasteiger charge is 2.28. The number of carbonyl (C=O) groups excluding carboxylic acids is 1. The van der Waals surface area contributed by atoms with Gasteiger partial charge in [-0.05, 0) is 24.6 Å². The van der Waals surface area contributed by atoms with Crippen molar-refractivity contribution in [3.8, 4) is 0 Å². The molecule has 1 rings (SSSR count). The summed E-state index contributed by atoms with van der Waals surface area (Å²) < 4.78 is 43.3. The first kappa shape index (κ1) is 16.4. The van der Waals surface area contributed by atoms with Crippen LogP contribution in [0.2, 0.25) is 0 Å². The first-order chi connectivity index (χ1) is 9.32. The second kappa shape index (κ2) is 6.67. The Kier molecular flexibility index (Phi) is 5.46. The summed E-state index contributed by atoms with van der Waals surface area (Å²) in [4.78, 5) is 11.1. The highest BCUT2D eigenvalue weighted by molar-refractivity contribution is 7.89. The molecule has 20 heavy (non-hydrogen) atoms. The average Bonchev–Trinajstić information content (AvgIpc) is 2.37. The van der Waals surface area contributed by atoms with E-state index in [9.17, 15) is 17.6 Å². The quantitative estimate of drug-likeness (QED) is 0.625. The van der Waals surface area contributed by atoms with Crippen LogP contribution in [0.5, 0.6) is 0 Å². The molecule has 0 atom stereocenters. The zero-order valence-corrected chi connectivity index (χ0v) is 12.1. The summed E-state index contributed by atoms with van der Waals surface area (Å²) in [5.74, 6) is -1.31. The maximum absolute atomic E-state index is 13.0. The first-order valence-electron chi connectivity index (χ1n) is 5.95. The lowest BCUT2D eigenvalue weighted by Gasteiger charge is -2.21. The fourth-order valence-corrected chi connectivity index (χ4v) is 3.21. The van der Waals surface area contributed by atoms with Crippen LogP contribution in [-0.2, 0) is 19.6 Å². The standard InChI is InChI=1S/C12H17FN2O4S/c1-3-6-15(8-12(16)19-2)20(17,18)11-5-4-9(13)7-10(11)14/h4-5,7H,3,6,8,14H2,1-2H3. The number of sulfonamides is 1. The van der Waals surface area contributed by atoms with Crippen LogP contribution in [0.3, 0.4) is 0 Å². The second-order valence-electron chi connectivity index (χ2n) is 4.10. The minimum atomic E-state index is -3.97. The predicted molar refractivity (Wildman–Crippen MR) is 71.9 cm³/mol. The number of nitrogens with zero attached hydrogens (tertiary/aromatic N) is 1. The smallest absolute Gasteiger partial charge is 0.321 e. The number of halogens is 1. The molecule has 0 unspecified atom stereocenters. The van der Waals surface area contributed by atoms with Gasteiger partial charge < -0.3 is 10.5 Å². The summed E-state index contributed by atoms with van der Waals surface area (Å²) in [6.07, 6.45) is 0.511. The first-order valence-corrected chi connectivity index (χ1v) is 7.39. The van der Waals surface area contributed by atoms with E-state index in [2.05, 4.69) is 4.74 Å². The van der Waals surface area contributed by atoms with Gasteiger partial charge in [-0.1, -0.05) is 6.92 Å². The van der Waals surface area contributed by atoms with Crippen LogP contribution in [0.25, 0.3) is 0 Å². The van der Waals surface area contributed by atoms with Crippen molar-refractivity contribution in [2.45, 2.75) is 18.2 Å². The lowest BCUT2D eigenvalue weighted by molar-refractivity contribution is -0.140. The van der Waals surface area contributed by atoms with Crippen molar-refractivity contribution in [3.05, 3.63) is 24.0 Å². The van der Waals surface area contributed by atoms with E-state index in [-0.39, 0.29) is 17.1 Å². The molecule has 0 aliphatic heterocycles. The molecular weight excluding hydrogens is 287 g/mol. The largest absolute Gasteiger partial charge is 0.468 e. The Morgan fingerprint density at radius 2 is 2.10 bits per heavy atom. The van der Waals surface area contributed by atoms with Gasteiger partial charge in [0, 0.05) is 6.54 Å². The minimum absolute atomic E-state index is 0.133. The van der Waals surface area contributed by atoms with Crippen LogP contribution in [0.4, 0.5) is 10.1 Å². The van der Waals surface area contributed by atoms with Crippen LogP contribution in [0.15, 0.2) is 23.1 Å². The monoisotopic (exact) mass is 304 g/mol. The number of hydrogen-bond acceptors (Lipinski definition) is 5. The van der Waals surface area contributed by atoms with Gasteiger partial charge in [0.15, 0.2) is 0 Å². The van der Waals surface area contributed by atoms with E-state index in [1.807, 2.05) is 0 Å². The topological polar surface area (TPSA) is 89.7 Å². The molecule has 0 aromatic heterocycles. The van der Waals surface area contributed by atoms with Crippen molar-refractivity contribution in [3.63, 3.8) is 0 Å². The Bertz CT molecular complexity index is 589. The number of rotatable bonds is 6. The van der Waals surface area contributed by atoms with Crippen LogP contribution in [0.1, 0.15) is 13.3 Å². The molecule has 0 aliphatic carbocycles. The Morgan fingerprint density at radius 3 is 2.60 bits per heavy atom. The lowest BCUT2D eigenvalue weighted by Crippen LogP contribution is -2.37. The van der Waals surface area contributed by atoms with Crippen molar-refractivity contribution in [2.24, 2.45) is 0 Å². The fourth-order valence-electron chi connectivity index (χ4n) is 1.64. The SMILES string of the molecule is CCCN(CC(=O)OC)S(=O)(=O)c1ccc(F)cc1N. The fraction of sp³-hybridized carbons (Fsp3) is 0.417. The second-order valence-corrected chi connectivity index (χ2v) is 6.00. The van der Waals surface area contributed by atoms with Gasteiger partial charge >= 0.3 is 5.97 Å². The van der Waals surface area contributed by atoms with Gasteiger partial charge in [0.05, 0.1) is 12.8 Å². The maximum atomic E-state index is 13.0. The van der Waals surface area contributed by atoms with Crippen molar-refractivity contribution >= 4 is 21.7 Å². The molecule has 1 aromatic rings. The molecule has 8 heteroatoms. The van der Waals surface area contributed by atoms with Gasteiger partial charge in [0.25, 0.3) is 0 Å². The average molecular weight is 304 g/mol. The van der Waals surface area contributed by atoms with Gasteiger partial charge in [-0.2, -0.15) is 4.31 Å². The number of benzene rings is 1. The molecular formula is C12H17FN2O4S. The van der Waals surface area contributed by atoms with Gasteiger partial charge in [0.2, 0.25) is 10.0 Å². The van der Waals surface area contributed by atoms with E-state index in [0.29, 0.717) is 6.42 Å². The third-order valence-corrected chi connectivity index (χ3v) is 4.51. The number of ether oxygens (including phenoxy) is 1. The third-order valence-electron chi connectivity index (χ3n) is 2.60. The van der Waals surface area contributed by atoms with Gasteiger partial charge in [-0.15, -0.1) is 0 Å². The van der Waals surface area contributed by atoms with E-state index in [0.717, 1.165) is 22.5 Å². The summed E-state index contributed by atoms with van der Waals surface area (Å²) in [6, 6.07) is 3.01. The summed E-state index contributed by atoms with van der Waals surface area (Å²) in [5, 5.41) is 0. The molecule has 0 spiro atoms. The summed E-state index contributed by atoms with van der Waals surface area (Å²) in [6.45, 7) is 1.49. The number of anilines is 1. The highest BCUT2D eigenvalue weighted by atomic mass is 32.2. The van der Waals surface area contributed by atoms with Gasteiger partial charge in [-0.25, -0.2) is 12.8 Å². The van der Waals surface area contributed by atoms with E-state index in [4.69, 9.17) is 5.73 Å². The highest BCUT2D eigenvalue weighted by Crippen LogP contribution is 2.23. The number of nitrogens with two attached hydrogens (primary N) is 1. The van der Waals surface area contributed by atoms with Crippen LogP contribution < -0.4 is 5.73 Å². The zero-order valence-electron chi connectivity index (χ0n) is 11.3. The summed E-state index contributed by atoms with van der Waals surface area (Å²) in [5.41, 5.74) is 5.34. The Balaban J connectivity index is 3.18. The number of methoxy groups -OCH3 is 1. The molecule has 0 saturated heterocycles. The van der Waals surface area contributed by atoms with Crippen LogP contribution >= 0.6 is 0 Å². The molecule has 1 aromatic carbocycles. The summed E-state index contributed by atoms with van der Waals surface area (Å²) in [7, 11) is -2.80. The molecule has 6 nitrogen and oxygen atoms in total. The van der Waals surface area contributed by atoms with E-state index < -0.39 is 28.4 Å². The van der Waals surface area contributed by atoms with Gasteiger partial charge in [0.1, 0.15) is 17.3 Å². The minimum Gasteiger partial charge on any atom is -0.468 e. The number of hydrogen-bond donors (Lipinski definition) is 1. The Labute approximate surface area is 117 Å². The zero-order chi connectivity index (χ0) is 15.3. The summed E-state index contributed by atoms with van der Waals surface area (Å²) >= 11 is 0. The maximum Gasteiger partial charge on any atom is 0.321 e. The molecule has 2 N–H and O–H groups in total. The molecule has 0 bridgehead atoms.